The van der Waals surface area contributed by atoms with Crippen LogP contribution in [0.15, 0.2) is 30.3 Å². The van der Waals surface area contributed by atoms with Gasteiger partial charge in [0.2, 0.25) is 11.8 Å². The predicted octanol–water partition coefficient (Wildman–Crippen LogP) is -0.724. The molecule has 0 aliphatic rings. The molecule has 0 aromatic heterocycles. The number of hydrogen-bond donors (Lipinski definition) is 3. The van der Waals surface area contributed by atoms with E-state index in [1.807, 2.05) is 6.07 Å². The van der Waals surface area contributed by atoms with Gasteiger partial charge < -0.3 is 25.4 Å². The molecule has 0 aliphatic carbocycles. The molecule has 0 fully saturated rings. The van der Waals surface area contributed by atoms with E-state index in [9.17, 15) is 24.0 Å². The van der Waals surface area contributed by atoms with Crippen LogP contribution in [0.25, 0.3) is 0 Å². The third-order valence-electron chi connectivity index (χ3n) is 3.22. The second kappa shape index (κ2) is 11.2. The van der Waals surface area contributed by atoms with Gasteiger partial charge in [0.25, 0.3) is 5.78 Å². The molecule has 1 aromatic carbocycles. The molecular weight excluding hydrogens is 358 g/mol. The minimum atomic E-state index is -1.08. The lowest BCUT2D eigenvalue weighted by atomic mass is 10.2. The highest BCUT2D eigenvalue weighted by Gasteiger charge is 2.18. The lowest BCUT2D eigenvalue weighted by Gasteiger charge is -2.14. The van der Waals surface area contributed by atoms with Crippen LogP contribution >= 0.6 is 0 Å². The number of ketones is 1. The number of nitrogens with one attached hydrogen (secondary N) is 3. The summed E-state index contributed by atoms with van der Waals surface area (Å²) in [5.41, 5.74) is 0.794. The van der Waals surface area contributed by atoms with Crippen molar-refractivity contribution in [2.24, 2.45) is 0 Å². The van der Waals surface area contributed by atoms with Crippen LogP contribution in [0.2, 0.25) is 0 Å². The van der Waals surface area contributed by atoms with Crippen molar-refractivity contribution in [1.29, 1.82) is 0 Å². The predicted molar refractivity (Wildman–Crippen MR) is 92.3 cm³/mol. The Hall–Kier alpha value is -3.43. The number of Topliss-reactive ketones (excluding diaryl/α,β-unsaturated/α-hetero) is 1. The number of carbonyl (C=O) groups is 5. The zero-order valence-electron chi connectivity index (χ0n) is 14.9. The fourth-order valence-electron chi connectivity index (χ4n) is 1.75. The molecule has 27 heavy (non-hydrogen) atoms. The van der Waals surface area contributed by atoms with Crippen molar-refractivity contribution < 1.29 is 33.4 Å². The van der Waals surface area contributed by atoms with Crippen molar-refractivity contribution in [3.8, 4) is 0 Å². The molecule has 0 radical (unpaired) electrons. The Kier molecular flexibility index (Phi) is 8.99. The van der Waals surface area contributed by atoms with E-state index in [1.165, 1.54) is 6.92 Å². The molecule has 1 rings (SSSR count). The van der Waals surface area contributed by atoms with Crippen molar-refractivity contribution in [2.45, 2.75) is 19.6 Å². The first kappa shape index (κ1) is 21.6. The largest absolute Gasteiger partial charge is 0.463 e. The van der Waals surface area contributed by atoms with E-state index in [0.29, 0.717) is 0 Å². The topological polar surface area (TPSA) is 140 Å². The first-order valence-electron chi connectivity index (χ1n) is 7.96. The first-order chi connectivity index (χ1) is 12.8. The molecule has 0 unspecified atom stereocenters. The van der Waals surface area contributed by atoms with Crippen molar-refractivity contribution in [1.82, 2.24) is 16.0 Å². The third kappa shape index (κ3) is 8.47. The lowest BCUT2D eigenvalue weighted by molar-refractivity contribution is -0.151. The molecule has 0 saturated heterocycles. The minimum absolute atomic E-state index is 0.0532. The molecule has 0 heterocycles. The van der Waals surface area contributed by atoms with Gasteiger partial charge in [0, 0.05) is 0 Å². The number of ether oxygens (including phenoxy) is 2. The first-order valence-corrected chi connectivity index (χ1v) is 7.96. The van der Waals surface area contributed by atoms with Crippen LogP contribution in [0.1, 0.15) is 12.5 Å². The highest BCUT2D eigenvalue weighted by Crippen LogP contribution is 2.00. The van der Waals surface area contributed by atoms with Crippen molar-refractivity contribution >= 4 is 29.7 Å². The van der Waals surface area contributed by atoms with Gasteiger partial charge in [-0.05, 0) is 12.5 Å². The Bertz CT molecular complexity index is 691. The highest BCUT2D eigenvalue weighted by atomic mass is 16.5. The summed E-state index contributed by atoms with van der Waals surface area (Å²) in [6.07, 6.45) is -0.783. The Balaban J connectivity index is 2.26. The van der Waals surface area contributed by atoms with Gasteiger partial charge >= 0.3 is 12.1 Å². The SMILES string of the molecule is COC(=O)C(=O)CNC(=O)CNC(=O)[C@H](C)NC(=O)OCc1ccccc1. The molecule has 3 N–H and O–H groups in total. The minimum Gasteiger partial charge on any atom is -0.463 e. The maximum atomic E-state index is 11.8. The van der Waals surface area contributed by atoms with E-state index < -0.39 is 48.8 Å². The smallest absolute Gasteiger partial charge is 0.408 e. The molecule has 0 bridgehead atoms. The van der Waals surface area contributed by atoms with Gasteiger partial charge in [0.15, 0.2) is 0 Å². The molecule has 1 atom stereocenters. The van der Waals surface area contributed by atoms with Crippen molar-refractivity contribution in [2.75, 3.05) is 20.2 Å². The normalized spacial score (nSPS) is 10.9. The van der Waals surface area contributed by atoms with Gasteiger partial charge in [-0.3, -0.25) is 14.4 Å². The van der Waals surface area contributed by atoms with Crippen LogP contribution in [-0.2, 0) is 35.3 Å². The second-order valence-corrected chi connectivity index (χ2v) is 5.34. The molecule has 0 aliphatic heterocycles. The van der Waals surface area contributed by atoms with Gasteiger partial charge in [0.1, 0.15) is 12.6 Å². The van der Waals surface area contributed by atoms with Crippen LogP contribution in [0, 0.1) is 0 Å². The van der Waals surface area contributed by atoms with Crippen molar-refractivity contribution in [3.05, 3.63) is 35.9 Å². The van der Waals surface area contributed by atoms with Crippen LogP contribution in [0.4, 0.5) is 4.79 Å². The fourth-order valence-corrected chi connectivity index (χ4v) is 1.75. The molecule has 1 aromatic rings. The monoisotopic (exact) mass is 379 g/mol. The summed E-state index contributed by atoms with van der Waals surface area (Å²) in [6, 6.07) is 8.06. The maximum Gasteiger partial charge on any atom is 0.408 e. The number of carbonyl (C=O) groups excluding carboxylic acids is 5. The number of amides is 3. The molecular formula is C17H21N3O7. The van der Waals surface area contributed by atoms with E-state index >= 15 is 0 Å². The summed E-state index contributed by atoms with van der Waals surface area (Å²) in [4.78, 5) is 57.1. The molecule has 146 valence electrons. The van der Waals surface area contributed by atoms with E-state index in [-0.39, 0.29) is 6.61 Å². The van der Waals surface area contributed by atoms with Gasteiger partial charge in [-0.2, -0.15) is 0 Å². The number of alkyl carbamates (subject to hydrolysis) is 1. The number of benzene rings is 1. The van der Waals surface area contributed by atoms with Gasteiger partial charge in [-0.15, -0.1) is 0 Å². The summed E-state index contributed by atoms with van der Waals surface area (Å²) < 4.78 is 9.18. The Morgan fingerprint density at radius 3 is 2.30 bits per heavy atom. The van der Waals surface area contributed by atoms with Crippen LogP contribution in [0.5, 0.6) is 0 Å². The second-order valence-electron chi connectivity index (χ2n) is 5.34. The van der Waals surface area contributed by atoms with Crippen LogP contribution in [-0.4, -0.2) is 55.9 Å². The van der Waals surface area contributed by atoms with Crippen LogP contribution in [0.3, 0.4) is 0 Å². The highest BCUT2D eigenvalue weighted by molar-refractivity contribution is 6.34. The molecule has 0 saturated carbocycles. The number of esters is 1. The lowest BCUT2D eigenvalue weighted by Crippen LogP contribution is -2.48. The summed E-state index contributed by atoms with van der Waals surface area (Å²) >= 11 is 0. The summed E-state index contributed by atoms with van der Waals surface area (Å²) in [7, 11) is 1.04. The quantitative estimate of drug-likeness (QED) is 0.380. The number of methoxy groups -OCH3 is 1. The Morgan fingerprint density at radius 1 is 1.00 bits per heavy atom. The van der Waals surface area contributed by atoms with E-state index in [2.05, 4.69) is 20.7 Å². The fraction of sp³-hybridized carbons (Fsp3) is 0.353. The van der Waals surface area contributed by atoms with Gasteiger partial charge in [0.05, 0.1) is 20.2 Å². The van der Waals surface area contributed by atoms with Gasteiger partial charge in [-0.1, -0.05) is 30.3 Å². The molecule has 10 nitrogen and oxygen atoms in total. The summed E-state index contributed by atoms with van der Waals surface area (Å²) in [5, 5.41) is 6.76. The summed E-state index contributed by atoms with van der Waals surface area (Å²) in [6.45, 7) is 0.495. The average molecular weight is 379 g/mol. The number of hydrogen-bond acceptors (Lipinski definition) is 7. The summed E-state index contributed by atoms with van der Waals surface area (Å²) in [5.74, 6) is -3.31. The van der Waals surface area contributed by atoms with Crippen molar-refractivity contribution in [3.63, 3.8) is 0 Å². The van der Waals surface area contributed by atoms with Gasteiger partial charge in [-0.25, -0.2) is 9.59 Å². The standard InChI is InChI=1S/C17H21N3O7/c1-11(20-17(25)27-10-12-6-4-3-5-7-12)15(23)19-9-14(22)18-8-13(21)16(24)26-2/h3-7,11H,8-10H2,1-2H3,(H,18,22)(H,19,23)(H,20,25)/t11-/m0/s1. The average Bonchev–Trinajstić information content (AvgIpc) is 2.68. The molecule has 0 spiro atoms. The van der Waals surface area contributed by atoms with E-state index in [1.54, 1.807) is 24.3 Å². The maximum absolute atomic E-state index is 11.8. The Labute approximate surface area is 155 Å². The van der Waals surface area contributed by atoms with E-state index in [0.717, 1.165) is 12.7 Å². The van der Waals surface area contributed by atoms with Crippen LogP contribution < -0.4 is 16.0 Å². The zero-order valence-corrected chi connectivity index (χ0v) is 14.9. The van der Waals surface area contributed by atoms with E-state index in [4.69, 9.17) is 4.74 Å². The Morgan fingerprint density at radius 2 is 1.67 bits per heavy atom. The molecule has 3 amide bonds. The third-order valence-corrected chi connectivity index (χ3v) is 3.22. The number of rotatable bonds is 9. The molecule has 10 heteroatoms. The zero-order chi connectivity index (χ0) is 20.2.